The number of oxime groups is 1. The van der Waals surface area contributed by atoms with Crippen molar-refractivity contribution in [1.29, 1.82) is 0 Å². The first-order valence-corrected chi connectivity index (χ1v) is 7.64. The highest BCUT2D eigenvalue weighted by Crippen LogP contribution is 2.13. The number of hydrazine groups is 1. The van der Waals surface area contributed by atoms with E-state index >= 15 is 0 Å². The number of hydrogen-bond donors (Lipinski definition) is 3. The molecule has 1 aromatic carbocycles. The van der Waals surface area contributed by atoms with E-state index in [0.29, 0.717) is 17.2 Å². The van der Waals surface area contributed by atoms with Gasteiger partial charge in [-0.1, -0.05) is 17.3 Å². The maximum atomic E-state index is 11.0. The molecule has 0 atom stereocenters. The fraction of sp³-hybridized carbons (Fsp3) is 0.400. The van der Waals surface area contributed by atoms with Gasteiger partial charge in [-0.05, 0) is 17.7 Å². The molecule has 0 unspecified atom stereocenters. The first kappa shape index (κ1) is 18.5. The largest absolute Gasteiger partial charge is 0.464 e. The van der Waals surface area contributed by atoms with Crippen LogP contribution in [0.3, 0.4) is 0 Å². The summed E-state index contributed by atoms with van der Waals surface area (Å²) < 4.78 is 5.26. The van der Waals surface area contributed by atoms with Crippen LogP contribution in [0.1, 0.15) is 5.56 Å². The Morgan fingerprint density at radius 2 is 1.96 bits per heavy atom. The van der Waals surface area contributed by atoms with Crippen LogP contribution < -0.4 is 10.4 Å². The molecule has 10 heteroatoms. The van der Waals surface area contributed by atoms with Gasteiger partial charge in [0.25, 0.3) is 0 Å². The lowest BCUT2D eigenvalue weighted by Crippen LogP contribution is -2.45. The van der Waals surface area contributed by atoms with Gasteiger partial charge in [-0.3, -0.25) is 4.90 Å². The molecule has 10 nitrogen and oxygen atoms in total. The molecule has 0 aliphatic carbocycles. The van der Waals surface area contributed by atoms with E-state index in [1.54, 1.807) is 17.6 Å². The molecule has 2 rings (SSSR count). The number of nitrogens with one attached hydrogen (secondary N) is 1. The van der Waals surface area contributed by atoms with Crippen LogP contribution in [0.25, 0.3) is 0 Å². The van der Waals surface area contributed by atoms with E-state index in [0.717, 1.165) is 32.8 Å². The first-order chi connectivity index (χ1) is 12.1. The van der Waals surface area contributed by atoms with E-state index in [-0.39, 0.29) is 5.69 Å². The summed E-state index contributed by atoms with van der Waals surface area (Å²) in [5, 5.41) is 22.0. The highest BCUT2D eigenvalue weighted by Gasteiger charge is 2.16. The molecule has 1 aliphatic heterocycles. The van der Waals surface area contributed by atoms with Gasteiger partial charge < -0.3 is 19.8 Å². The molecule has 1 fully saturated rings. The van der Waals surface area contributed by atoms with Crippen LogP contribution in [0.5, 0.6) is 0 Å². The second-order valence-corrected chi connectivity index (χ2v) is 5.15. The minimum Gasteiger partial charge on any atom is -0.464 e. The number of morpholine rings is 1. The minimum atomic E-state index is -1.47. The number of carbonyl (C=O) groups is 2. The Hall–Kier alpha value is -2.85. The van der Waals surface area contributed by atoms with Gasteiger partial charge >= 0.3 is 12.2 Å². The Labute approximate surface area is 144 Å². The number of benzene rings is 1. The molecule has 0 saturated carbocycles. The molecule has 2 amide bonds. The molecular formula is C15H20N4O6. The number of nitrogens with zero attached hydrogens (tertiary/aromatic N) is 3. The van der Waals surface area contributed by atoms with Gasteiger partial charge in [0.15, 0.2) is 0 Å². The van der Waals surface area contributed by atoms with Gasteiger partial charge in [0.05, 0.1) is 25.1 Å². The Morgan fingerprint density at radius 1 is 1.28 bits per heavy atom. The molecular weight excluding hydrogens is 332 g/mol. The van der Waals surface area contributed by atoms with Crippen LogP contribution in [0.2, 0.25) is 0 Å². The van der Waals surface area contributed by atoms with Gasteiger partial charge in [0.1, 0.15) is 6.61 Å². The smallest absolute Gasteiger partial charge is 0.431 e. The fourth-order valence-corrected chi connectivity index (χ4v) is 2.17. The van der Waals surface area contributed by atoms with Crippen molar-refractivity contribution >= 4 is 24.1 Å². The molecule has 1 heterocycles. The number of carboxylic acid groups (broad SMARTS) is 2. The number of rotatable bonds is 6. The van der Waals surface area contributed by atoms with Gasteiger partial charge in [0.2, 0.25) is 0 Å². The predicted molar refractivity (Wildman–Crippen MR) is 88.9 cm³/mol. The molecule has 25 heavy (non-hydrogen) atoms. The monoisotopic (exact) mass is 352 g/mol. The van der Waals surface area contributed by atoms with E-state index in [9.17, 15) is 9.59 Å². The van der Waals surface area contributed by atoms with Gasteiger partial charge in [-0.2, -0.15) is 5.01 Å². The average Bonchev–Trinajstić information content (AvgIpc) is 2.60. The summed E-state index contributed by atoms with van der Waals surface area (Å²) in [6, 6.07) is 6.12. The molecule has 136 valence electrons. The van der Waals surface area contributed by atoms with E-state index in [4.69, 9.17) is 19.8 Å². The van der Waals surface area contributed by atoms with Crippen LogP contribution in [0.4, 0.5) is 15.3 Å². The zero-order valence-electron chi connectivity index (χ0n) is 13.5. The lowest BCUT2D eigenvalue weighted by molar-refractivity contribution is 0.0214. The van der Waals surface area contributed by atoms with Crippen molar-refractivity contribution in [2.24, 2.45) is 5.16 Å². The number of hydrogen-bond acceptors (Lipinski definition) is 6. The predicted octanol–water partition coefficient (Wildman–Crippen LogP) is 1.04. The van der Waals surface area contributed by atoms with Crippen LogP contribution in [-0.4, -0.2) is 73.0 Å². The second kappa shape index (κ2) is 9.45. The zero-order valence-corrected chi connectivity index (χ0v) is 13.5. The number of ether oxygens (including phenoxy) is 1. The summed E-state index contributed by atoms with van der Waals surface area (Å²) >= 11 is 0. The van der Waals surface area contributed by atoms with E-state index in [1.165, 1.54) is 18.3 Å². The van der Waals surface area contributed by atoms with E-state index in [1.807, 2.05) is 0 Å². The molecule has 0 bridgehead atoms. The van der Waals surface area contributed by atoms with Crippen molar-refractivity contribution in [2.75, 3.05) is 44.5 Å². The highest BCUT2D eigenvalue weighted by atomic mass is 16.6. The lowest BCUT2D eigenvalue weighted by Gasteiger charge is -2.25. The van der Waals surface area contributed by atoms with Crippen LogP contribution >= 0.6 is 0 Å². The third kappa shape index (κ3) is 6.28. The first-order valence-electron chi connectivity index (χ1n) is 7.64. The third-order valence-corrected chi connectivity index (χ3v) is 3.43. The zero-order chi connectivity index (χ0) is 18.1. The van der Waals surface area contributed by atoms with Crippen LogP contribution in [0.15, 0.2) is 29.4 Å². The Kier molecular flexibility index (Phi) is 6.99. The molecule has 1 saturated heterocycles. The number of amides is 2. The molecule has 0 aromatic heterocycles. The Morgan fingerprint density at radius 3 is 2.56 bits per heavy atom. The van der Waals surface area contributed by atoms with Crippen molar-refractivity contribution in [1.82, 2.24) is 10.3 Å². The van der Waals surface area contributed by atoms with Crippen LogP contribution in [-0.2, 0) is 9.57 Å². The van der Waals surface area contributed by atoms with Gasteiger partial charge in [0, 0.05) is 19.6 Å². The van der Waals surface area contributed by atoms with Crippen molar-refractivity contribution in [2.45, 2.75) is 0 Å². The van der Waals surface area contributed by atoms with Crippen molar-refractivity contribution in [3.05, 3.63) is 29.8 Å². The van der Waals surface area contributed by atoms with Crippen LogP contribution in [0, 0.1) is 0 Å². The summed E-state index contributed by atoms with van der Waals surface area (Å²) in [7, 11) is 0. The summed E-state index contributed by atoms with van der Waals surface area (Å²) in [4.78, 5) is 29.1. The highest BCUT2D eigenvalue weighted by molar-refractivity contribution is 5.89. The molecule has 0 spiro atoms. The second-order valence-electron chi connectivity index (χ2n) is 5.15. The Balaban J connectivity index is 1.80. The van der Waals surface area contributed by atoms with Crippen molar-refractivity contribution in [3.8, 4) is 0 Å². The lowest BCUT2D eigenvalue weighted by atomic mass is 10.2. The summed E-state index contributed by atoms with van der Waals surface area (Å²) in [6.07, 6.45) is -1.41. The summed E-state index contributed by atoms with van der Waals surface area (Å²) in [5.41, 5.74) is 2.64. The Bertz CT molecular complexity index is 601. The molecule has 0 radical (unpaired) electrons. The average molecular weight is 352 g/mol. The molecule has 1 aromatic rings. The maximum absolute atomic E-state index is 11.0. The third-order valence-electron chi connectivity index (χ3n) is 3.43. The van der Waals surface area contributed by atoms with E-state index < -0.39 is 12.2 Å². The van der Waals surface area contributed by atoms with Crippen molar-refractivity contribution in [3.63, 3.8) is 0 Å². The van der Waals surface area contributed by atoms with Gasteiger partial charge in [-0.25, -0.2) is 15.0 Å². The molecule has 3 N–H and O–H groups in total. The molecule has 1 aliphatic rings. The number of anilines is 1. The van der Waals surface area contributed by atoms with E-state index in [2.05, 4.69) is 10.1 Å². The summed E-state index contributed by atoms with van der Waals surface area (Å²) in [6.45, 7) is 4.48. The fourth-order valence-electron chi connectivity index (χ4n) is 2.17. The summed E-state index contributed by atoms with van der Waals surface area (Å²) in [5.74, 6) is 0. The van der Waals surface area contributed by atoms with Gasteiger partial charge in [-0.15, -0.1) is 0 Å². The normalized spacial score (nSPS) is 15.0. The maximum Gasteiger partial charge on any atom is 0.431 e. The standard InChI is InChI=1S/C15H20N4O6/c20-14(21)17-19(15(22)23)13-3-1-12(2-4-13)11-16-25-10-7-18-5-8-24-9-6-18/h1-4,11,17H,5-10H2,(H,20,21)(H,22,23)/b16-11+. The van der Waals surface area contributed by atoms with Crippen molar-refractivity contribution < 1.29 is 29.4 Å². The topological polar surface area (TPSA) is 124 Å². The minimum absolute atomic E-state index is 0.167. The quantitative estimate of drug-likeness (QED) is 0.397. The SMILES string of the molecule is O=C(O)NN(C(=O)O)c1ccc(/C=N/OCCN2CCOCC2)cc1.